The van der Waals surface area contributed by atoms with Gasteiger partial charge in [-0.25, -0.2) is 5.90 Å². The molecule has 2 aromatic carbocycles. The molecule has 0 fully saturated rings. The minimum Gasteiger partial charge on any atom is -0.457 e. The van der Waals surface area contributed by atoms with Crippen LogP contribution in [0.4, 0.5) is 0 Å². The molecule has 0 amide bonds. The van der Waals surface area contributed by atoms with Crippen molar-refractivity contribution in [3.8, 4) is 11.5 Å². The van der Waals surface area contributed by atoms with E-state index in [0.29, 0.717) is 0 Å². The Morgan fingerprint density at radius 3 is 2.22 bits per heavy atom. The highest BCUT2D eigenvalue weighted by Gasteiger charge is 2.20. The highest BCUT2D eigenvalue weighted by molar-refractivity contribution is 5.35. The number of para-hydroxylation sites is 1. The van der Waals surface area contributed by atoms with Crippen molar-refractivity contribution in [3.05, 3.63) is 60.2 Å². The van der Waals surface area contributed by atoms with E-state index >= 15 is 0 Å². The summed E-state index contributed by atoms with van der Waals surface area (Å²) in [7, 11) is 0. The van der Waals surface area contributed by atoms with Crippen LogP contribution in [0.25, 0.3) is 0 Å². The third kappa shape index (κ3) is 2.88. The Kier molecular flexibility index (Phi) is 3.65. The molecule has 0 aliphatic heterocycles. The van der Waals surface area contributed by atoms with Crippen molar-refractivity contribution in [2.45, 2.75) is 19.4 Å². The summed E-state index contributed by atoms with van der Waals surface area (Å²) in [4.78, 5) is 4.97. The zero-order valence-corrected chi connectivity index (χ0v) is 10.6. The molecule has 94 valence electrons. The molecule has 2 aromatic rings. The molecule has 0 aromatic heterocycles. The maximum Gasteiger partial charge on any atom is 0.127 e. The van der Waals surface area contributed by atoms with Crippen LogP contribution in [0.5, 0.6) is 11.5 Å². The van der Waals surface area contributed by atoms with E-state index in [1.807, 2.05) is 68.4 Å². The largest absolute Gasteiger partial charge is 0.457 e. The zero-order chi connectivity index (χ0) is 13.0. The fourth-order valence-electron chi connectivity index (χ4n) is 1.63. The average molecular weight is 243 g/mol. The normalized spacial score (nSPS) is 11.3. The summed E-state index contributed by atoms with van der Waals surface area (Å²) in [5.41, 5.74) is 0.439. The van der Waals surface area contributed by atoms with E-state index < -0.39 is 5.60 Å². The second-order valence-corrected chi connectivity index (χ2v) is 4.57. The van der Waals surface area contributed by atoms with Crippen LogP contribution in [0, 0.1) is 0 Å². The van der Waals surface area contributed by atoms with Crippen LogP contribution in [0.15, 0.2) is 54.6 Å². The molecule has 0 unspecified atom stereocenters. The molecular weight excluding hydrogens is 226 g/mol. The molecule has 0 saturated heterocycles. The Hall–Kier alpha value is -1.84. The van der Waals surface area contributed by atoms with Crippen molar-refractivity contribution < 1.29 is 9.57 Å². The maximum atomic E-state index is 5.76. The van der Waals surface area contributed by atoms with Gasteiger partial charge in [0.05, 0.1) is 0 Å². The first-order valence-corrected chi connectivity index (χ1v) is 5.83. The van der Waals surface area contributed by atoms with Gasteiger partial charge in [-0.1, -0.05) is 30.3 Å². The highest BCUT2D eigenvalue weighted by atomic mass is 16.6. The highest BCUT2D eigenvalue weighted by Crippen LogP contribution is 2.28. The summed E-state index contributed by atoms with van der Waals surface area (Å²) >= 11 is 0. The molecule has 2 rings (SSSR count). The van der Waals surface area contributed by atoms with Crippen LogP contribution in [-0.4, -0.2) is 0 Å². The van der Waals surface area contributed by atoms with Crippen molar-refractivity contribution in [3.63, 3.8) is 0 Å². The van der Waals surface area contributed by atoms with Crippen molar-refractivity contribution >= 4 is 0 Å². The second kappa shape index (κ2) is 5.21. The molecule has 0 heterocycles. The van der Waals surface area contributed by atoms with Crippen LogP contribution in [0.1, 0.15) is 19.4 Å². The molecule has 0 spiro atoms. The van der Waals surface area contributed by atoms with E-state index in [1.165, 1.54) is 0 Å². The minimum atomic E-state index is -0.532. The van der Waals surface area contributed by atoms with Gasteiger partial charge in [0.15, 0.2) is 0 Å². The van der Waals surface area contributed by atoms with Crippen LogP contribution < -0.4 is 10.6 Å². The van der Waals surface area contributed by atoms with Crippen LogP contribution in [-0.2, 0) is 10.4 Å². The van der Waals surface area contributed by atoms with Gasteiger partial charge in [0.25, 0.3) is 0 Å². The second-order valence-electron chi connectivity index (χ2n) is 4.57. The van der Waals surface area contributed by atoms with Crippen molar-refractivity contribution in [1.29, 1.82) is 0 Å². The smallest absolute Gasteiger partial charge is 0.127 e. The van der Waals surface area contributed by atoms with Gasteiger partial charge in [-0.05, 0) is 43.7 Å². The molecule has 0 bridgehead atoms. The van der Waals surface area contributed by atoms with E-state index in [1.54, 1.807) is 0 Å². The molecule has 2 N–H and O–H groups in total. The van der Waals surface area contributed by atoms with Gasteiger partial charge >= 0.3 is 0 Å². The molecule has 0 aliphatic carbocycles. The number of hydrogen-bond donors (Lipinski definition) is 1. The summed E-state index contributed by atoms with van der Waals surface area (Å²) in [5.74, 6) is 6.87. The van der Waals surface area contributed by atoms with Crippen LogP contribution in [0.3, 0.4) is 0 Å². The Morgan fingerprint density at radius 1 is 0.889 bits per heavy atom. The third-order valence-electron chi connectivity index (χ3n) is 2.80. The number of hydrogen-bond acceptors (Lipinski definition) is 3. The molecule has 3 nitrogen and oxygen atoms in total. The van der Waals surface area contributed by atoms with Crippen LogP contribution in [0.2, 0.25) is 0 Å². The van der Waals surface area contributed by atoms with Crippen LogP contribution >= 0.6 is 0 Å². The van der Waals surface area contributed by atoms with Gasteiger partial charge in [0.1, 0.15) is 17.1 Å². The quantitative estimate of drug-likeness (QED) is 0.834. The lowest BCUT2D eigenvalue weighted by atomic mass is 9.98. The standard InChI is InChI=1S/C15H17NO2/c1-15(2,18-16)12-7-6-10-14(11-12)17-13-8-4-3-5-9-13/h3-11H,16H2,1-2H3. The number of rotatable bonds is 4. The lowest BCUT2D eigenvalue weighted by Crippen LogP contribution is -2.25. The Morgan fingerprint density at radius 2 is 1.56 bits per heavy atom. The molecule has 0 radical (unpaired) electrons. The monoisotopic (exact) mass is 243 g/mol. The van der Waals surface area contributed by atoms with E-state index in [-0.39, 0.29) is 0 Å². The van der Waals surface area contributed by atoms with Crippen molar-refractivity contribution in [2.75, 3.05) is 0 Å². The lowest BCUT2D eigenvalue weighted by Gasteiger charge is -2.22. The van der Waals surface area contributed by atoms with E-state index in [0.717, 1.165) is 17.1 Å². The van der Waals surface area contributed by atoms with Gasteiger partial charge in [0, 0.05) is 0 Å². The topological polar surface area (TPSA) is 44.5 Å². The minimum absolute atomic E-state index is 0.532. The van der Waals surface area contributed by atoms with Gasteiger partial charge in [-0.3, -0.25) is 4.84 Å². The lowest BCUT2D eigenvalue weighted by molar-refractivity contribution is -0.0237. The number of benzene rings is 2. The first kappa shape index (κ1) is 12.6. The van der Waals surface area contributed by atoms with Gasteiger partial charge < -0.3 is 4.74 Å². The van der Waals surface area contributed by atoms with E-state index in [4.69, 9.17) is 15.5 Å². The van der Waals surface area contributed by atoms with Crippen molar-refractivity contribution in [2.24, 2.45) is 5.90 Å². The Bertz CT molecular complexity index is 509. The molecule has 3 heteroatoms. The van der Waals surface area contributed by atoms with Gasteiger partial charge in [0.2, 0.25) is 0 Å². The molecule has 0 saturated carbocycles. The SMILES string of the molecule is CC(C)(ON)c1cccc(Oc2ccccc2)c1. The summed E-state index contributed by atoms with van der Waals surface area (Å²) in [5, 5.41) is 0. The Labute approximate surface area is 107 Å². The number of ether oxygens (including phenoxy) is 1. The summed E-state index contributed by atoms with van der Waals surface area (Å²) in [6, 6.07) is 17.4. The Balaban J connectivity index is 2.23. The van der Waals surface area contributed by atoms with Crippen molar-refractivity contribution in [1.82, 2.24) is 0 Å². The first-order chi connectivity index (χ1) is 8.62. The molecule has 18 heavy (non-hydrogen) atoms. The average Bonchev–Trinajstić information content (AvgIpc) is 2.40. The molecule has 0 aliphatic rings. The molecular formula is C15H17NO2. The fraction of sp³-hybridized carbons (Fsp3) is 0.200. The summed E-state index contributed by atoms with van der Waals surface area (Å²) in [6.45, 7) is 3.82. The predicted molar refractivity (Wildman–Crippen MR) is 71.3 cm³/mol. The van der Waals surface area contributed by atoms with Gasteiger partial charge in [-0.2, -0.15) is 0 Å². The maximum absolute atomic E-state index is 5.76. The predicted octanol–water partition coefficient (Wildman–Crippen LogP) is 3.60. The van der Waals surface area contributed by atoms with E-state index in [2.05, 4.69) is 0 Å². The van der Waals surface area contributed by atoms with Gasteiger partial charge in [-0.15, -0.1) is 0 Å². The first-order valence-electron chi connectivity index (χ1n) is 5.83. The van der Waals surface area contributed by atoms with E-state index in [9.17, 15) is 0 Å². The summed E-state index contributed by atoms with van der Waals surface area (Å²) in [6.07, 6.45) is 0. The number of nitrogens with two attached hydrogens (primary N) is 1. The molecule has 0 atom stereocenters. The zero-order valence-electron chi connectivity index (χ0n) is 10.6. The fourth-order valence-corrected chi connectivity index (χ4v) is 1.63. The third-order valence-corrected chi connectivity index (χ3v) is 2.80. The summed E-state index contributed by atoms with van der Waals surface area (Å²) < 4.78 is 5.76.